The van der Waals surface area contributed by atoms with E-state index in [0.717, 1.165) is 22.6 Å². The lowest BCUT2D eigenvalue weighted by Gasteiger charge is -2.20. The Morgan fingerprint density at radius 3 is 2.63 bits per heavy atom. The molecule has 0 spiro atoms. The van der Waals surface area contributed by atoms with E-state index >= 15 is 0 Å². The van der Waals surface area contributed by atoms with Crippen LogP contribution in [0.15, 0.2) is 82.7 Å². The van der Waals surface area contributed by atoms with Crippen molar-refractivity contribution in [3.05, 3.63) is 94.3 Å². The van der Waals surface area contributed by atoms with Crippen LogP contribution in [0.1, 0.15) is 24.1 Å². The maximum Gasteiger partial charge on any atom is 0.262 e. The molecule has 0 amide bonds. The molecule has 0 saturated carbocycles. The Labute approximate surface area is 178 Å². The van der Waals surface area contributed by atoms with Gasteiger partial charge in [-0.05, 0) is 42.3 Å². The first-order valence-corrected chi connectivity index (χ1v) is 10.8. The molecule has 5 rings (SSSR count). The molecule has 0 bridgehead atoms. The highest BCUT2D eigenvalue weighted by Crippen LogP contribution is 2.34. The average Bonchev–Trinajstić information content (AvgIpc) is 3.26. The number of rotatable bonds is 5. The fourth-order valence-electron chi connectivity index (χ4n) is 3.63. The number of benzene rings is 3. The zero-order valence-electron chi connectivity index (χ0n) is 16.4. The molecule has 1 aromatic heterocycles. The van der Waals surface area contributed by atoms with Gasteiger partial charge in [-0.25, -0.2) is 4.98 Å². The van der Waals surface area contributed by atoms with E-state index < -0.39 is 0 Å². The molecule has 30 heavy (non-hydrogen) atoms. The molecule has 0 fully saturated rings. The molecular formula is C24H20N2O3S. The maximum absolute atomic E-state index is 13.4. The second-order valence-corrected chi connectivity index (χ2v) is 8.09. The molecule has 2 heterocycles. The van der Waals surface area contributed by atoms with Gasteiger partial charge in [0.05, 0.1) is 16.9 Å². The van der Waals surface area contributed by atoms with Crippen molar-refractivity contribution >= 4 is 22.7 Å². The van der Waals surface area contributed by atoms with Gasteiger partial charge in [0.15, 0.2) is 16.7 Å². The molecular weight excluding hydrogens is 396 g/mol. The van der Waals surface area contributed by atoms with E-state index in [-0.39, 0.29) is 18.4 Å². The fourth-order valence-corrected chi connectivity index (χ4v) is 4.65. The van der Waals surface area contributed by atoms with Crippen LogP contribution in [0.25, 0.3) is 10.9 Å². The van der Waals surface area contributed by atoms with Crippen LogP contribution in [-0.2, 0) is 5.75 Å². The largest absolute Gasteiger partial charge is 0.454 e. The second-order valence-electron chi connectivity index (χ2n) is 7.15. The monoisotopic (exact) mass is 416 g/mol. The number of hydrogen-bond donors (Lipinski definition) is 0. The highest BCUT2D eigenvalue weighted by molar-refractivity contribution is 7.98. The Bertz CT molecular complexity index is 1270. The SMILES string of the molecule is C[C@@H](c1ccccc1)n1c(SCc2ccc3c(c2)OCO3)nc2ccccc2c1=O. The van der Waals surface area contributed by atoms with Crippen LogP contribution in [0.4, 0.5) is 0 Å². The van der Waals surface area contributed by atoms with E-state index in [2.05, 4.69) is 0 Å². The molecule has 4 aromatic rings. The molecule has 0 radical (unpaired) electrons. The third-order valence-corrected chi connectivity index (χ3v) is 6.27. The number of para-hydroxylation sites is 1. The Kier molecular flexibility index (Phi) is 4.93. The second kappa shape index (κ2) is 7.88. The van der Waals surface area contributed by atoms with Crippen molar-refractivity contribution in [1.29, 1.82) is 0 Å². The summed E-state index contributed by atoms with van der Waals surface area (Å²) in [6, 6.07) is 23.4. The number of fused-ring (bicyclic) bond motifs is 2. The molecule has 3 aromatic carbocycles. The van der Waals surface area contributed by atoms with Gasteiger partial charge in [-0.3, -0.25) is 9.36 Å². The van der Waals surface area contributed by atoms with E-state index in [9.17, 15) is 4.79 Å². The first-order chi connectivity index (χ1) is 14.7. The predicted molar refractivity (Wildman–Crippen MR) is 118 cm³/mol. The number of thioether (sulfide) groups is 1. The Balaban J connectivity index is 1.55. The summed E-state index contributed by atoms with van der Waals surface area (Å²) in [5.41, 5.74) is 2.85. The summed E-state index contributed by atoms with van der Waals surface area (Å²) in [6.07, 6.45) is 0. The van der Waals surface area contributed by atoms with E-state index in [4.69, 9.17) is 14.5 Å². The summed E-state index contributed by atoms with van der Waals surface area (Å²) in [7, 11) is 0. The molecule has 0 aliphatic carbocycles. The molecule has 1 aliphatic heterocycles. The van der Waals surface area contributed by atoms with Crippen LogP contribution in [0.2, 0.25) is 0 Å². The van der Waals surface area contributed by atoms with Gasteiger partial charge < -0.3 is 9.47 Å². The van der Waals surface area contributed by atoms with Gasteiger partial charge in [-0.2, -0.15) is 0 Å². The molecule has 0 unspecified atom stereocenters. The normalized spacial score (nSPS) is 13.5. The first kappa shape index (κ1) is 18.8. The fraction of sp³-hybridized carbons (Fsp3) is 0.167. The number of ether oxygens (including phenoxy) is 2. The number of aromatic nitrogens is 2. The van der Waals surface area contributed by atoms with E-state index in [0.29, 0.717) is 21.8 Å². The molecule has 1 aliphatic rings. The Hall–Kier alpha value is -3.25. The standard InChI is InChI=1S/C24H20N2O3S/c1-16(18-7-3-2-4-8-18)26-23(27)19-9-5-6-10-20(19)25-24(26)30-14-17-11-12-21-22(13-17)29-15-28-21/h2-13,16H,14-15H2,1H3/t16-/m0/s1. The molecule has 150 valence electrons. The number of hydrogen-bond acceptors (Lipinski definition) is 5. The lowest BCUT2D eigenvalue weighted by molar-refractivity contribution is 0.174. The minimum Gasteiger partial charge on any atom is -0.454 e. The zero-order valence-corrected chi connectivity index (χ0v) is 17.3. The van der Waals surface area contributed by atoms with Gasteiger partial charge >= 0.3 is 0 Å². The zero-order chi connectivity index (χ0) is 20.5. The van der Waals surface area contributed by atoms with E-state index in [1.54, 1.807) is 16.3 Å². The minimum atomic E-state index is -0.130. The Morgan fingerprint density at radius 1 is 1.00 bits per heavy atom. The molecule has 1 atom stereocenters. The highest BCUT2D eigenvalue weighted by Gasteiger charge is 2.19. The van der Waals surface area contributed by atoms with Crippen LogP contribution in [0.5, 0.6) is 11.5 Å². The predicted octanol–water partition coefficient (Wildman–Crippen LogP) is 5.03. The average molecular weight is 417 g/mol. The van der Waals surface area contributed by atoms with Crippen LogP contribution < -0.4 is 15.0 Å². The number of nitrogens with zero attached hydrogens (tertiary/aromatic N) is 2. The van der Waals surface area contributed by atoms with Crippen molar-refractivity contribution in [2.75, 3.05) is 6.79 Å². The van der Waals surface area contributed by atoms with Crippen LogP contribution in [0, 0.1) is 0 Å². The van der Waals surface area contributed by atoms with Gasteiger partial charge in [-0.15, -0.1) is 0 Å². The lowest BCUT2D eigenvalue weighted by Crippen LogP contribution is -2.27. The molecule has 0 saturated heterocycles. The van der Waals surface area contributed by atoms with Crippen molar-refractivity contribution in [2.24, 2.45) is 0 Å². The minimum absolute atomic E-state index is 0.0230. The summed E-state index contributed by atoms with van der Waals surface area (Å²) >= 11 is 1.55. The molecule has 0 N–H and O–H groups in total. The van der Waals surface area contributed by atoms with Crippen molar-refractivity contribution in [2.45, 2.75) is 23.9 Å². The van der Waals surface area contributed by atoms with Crippen molar-refractivity contribution in [1.82, 2.24) is 9.55 Å². The molecule has 6 heteroatoms. The van der Waals surface area contributed by atoms with Gasteiger partial charge in [0.1, 0.15) is 0 Å². The summed E-state index contributed by atoms with van der Waals surface area (Å²) < 4.78 is 12.7. The molecule has 5 nitrogen and oxygen atoms in total. The topological polar surface area (TPSA) is 53.4 Å². The van der Waals surface area contributed by atoms with Crippen molar-refractivity contribution < 1.29 is 9.47 Å². The van der Waals surface area contributed by atoms with Crippen LogP contribution >= 0.6 is 11.8 Å². The van der Waals surface area contributed by atoms with Gasteiger partial charge in [-0.1, -0.05) is 60.3 Å². The summed E-state index contributed by atoms with van der Waals surface area (Å²) in [6.45, 7) is 2.30. The van der Waals surface area contributed by atoms with Crippen LogP contribution in [0.3, 0.4) is 0 Å². The highest BCUT2D eigenvalue weighted by atomic mass is 32.2. The van der Waals surface area contributed by atoms with Crippen molar-refractivity contribution in [3.8, 4) is 11.5 Å². The Morgan fingerprint density at radius 2 is 1.77 bits per heavy atom. The van der Waals surface area contributed by atoms with Gasteiger partial charge in [0.25, 0.3) is 5.56 Å². The maximum atomic E-state index is 13.4. The summed E-state index contributed by atoms with van der Waals surface area (Å²) in [5.74, 6) is 2.19. The van der Waals surface area contributed by atoms with E-state index in [1.165, 1.54) is 0 Å². The third kappa shape index (κ3) is 3.44. The van der Waals surface area contributed by atoms with Gasteiger partial charge in [0, 0.05) is 5.75 Å². The van der Waals surface area contributed by atoms with Crippen molar-refractivity contribution in [3.63, 3.8) is 0 Å². The summed E-state index contributed by atoms with van der Waals surface area (Å²) in [5, 5.41) is 1.33. The van der Waals surface area contributed by atoms with Crippen LogP contribution in [-0.4, -0.2) is 16.3 Å². The quantitative estimate of drug-likeness (QED) is 0.337. The van der Waals surface area contributed by atoms with E-state index in [1.807, 2.05) is 79.7 Å². The third-order valence-electron chi connectivity index (χ3n) is 5.25. The lowest BCUT2D eigenvalue weighted by atomic mass is 10.1. The summed E-state index contributed by atoms with van der Waals surface area (Å²) in [4.78, 5) is 18.2. The smallest absolute Gasteiger partial charge is 0.262 e. The first-order valence-electron chi connectivity index (χ1n) is 9.78. The van der Waals surface area contributed by atoms with Gasteiger partial charge in [0.2, 0.25) is 6.79 Å².